The molecule has 2 aromatic rings. The van der Waals surface area contributed by atoms with E-state index in [-0.39, 0.29) is 24.2 Å². The Morgan fingerprint density at radius 2 is 1.96 bits per heavy atom. The maximum Gasteiger partial charge on any atom is 0.416 e. The van der Waals surface area contributed by atoms with Crippen LogP contribution in [-0.4, -0.2) is 12.6 Å². The average Bonchev–Trinajstić information content (AvgIpc) is 3.01. The summed E-state index contributed by atoms with van der Waals surface area (Å²) in [7, 11) is 0. The number of hydrogen-bond donors (Lipinski definition) is 2. The summed E-state index contributed by atoms with van der Waals surface area (Å²) in [5.74, 6) is 5.30. The molecule has 0 saturated heterocycles. The lowest BCUT2D eigenvalue weighted by atomic mass is 10.1. The standard InChI is InChI=1S/C20H17F3N2O/c21-20(22,23)16-8-3-5-14(13-16)6-4-12-24-19(26)25-18-11-10-15-7-1-2-9-17(15)18/h1-3,5,7-9,13,18H,10-12H2,(H2,24,25,26). The van der Waals surface area contributed by atoms with Gasteiger partial charge in [-0.15, -0.1) is 0 Å². The van der Waals surface area contributed by atoms with Gasteiger partial charge in [0.1, 0.15) is 0 Å². The lowest BCUT2D eigenvalue weighted by Gasteiger charge is -2.13. The van der Waals surface area contributed by atoms with Gasteiger partial charge in [0.05, 0.1) is 18.2 Å². The number of amides is 2. The van der Waals surface area contributed by atoms with Gasteiger partial charge in [0, 0.05) is 5.56 Å². The molecule has 0 spiro atoms. The van der Waals surface area contributed by atoms with E-state index in [2.05, 4.69) is 28.5 Å². The number of carbonyl (C=O) groups excluding carboxylic acids is 1. The third-order valence-corrected chi connectivity index (χ3v) is 4.20. The molecule has 0 saturated carbocycles. The van der Waals surface area contributed by atoms with Crippen molar-refractivity contribution in [3.63, 3.8) is 0 Å². The summed E-state index contributed by atoms with van der Waals surface area (Å²) >= 11 is 0. The van der Waals surface area contributed by atoms with Crippen LogP contribution in [0.2, 0.25) is 0 Å². The van der Waals surface area contributed by atoms with Gasteiger partial charge in [-0.3, -0.25) is 0 Å². The number of urea groups is 1. The van der Waals surface area contributed by atoms with E-state index in [1.165, 1.54) is 17.7 Å². The summed E-state index contributed by atoms with van der Waals surface area (Å²) in [6.45, 7) is 0.0520. The zero-order valence-electron chi connectivity index (χ0n) is 13.9. The first-order valence-electron chi connectivity index (χ1n) is 8.22. The zero-order chi connectivity index (χ0) is 18.6. The molecule has 26 heavy (non-hydrogen) atoms. The molecule has 2 N–H and O–H groups in total. The van der Waals surface area contributed by atoms with E-state index < -0.39 is 11.7 Å². The molecule has 1 aliphatic rings. The smallest absolute Gasteiger partial charge is 0.331 e. The van der Waals surface area contributed by atoms with E-state index in [1.807, 2.05) is 18.2 Å². The highest BCUT2D eigenvalue weighted by Crippen LogP contribution is 2.30. The van der Waals surface area contributed by atoms with Crippen LogP contribution in [0.3, 0.4) is 0 Å². The number of rotatable bonds is 2. The molecule has 0 aromatic heterocycles. The van der Waals surface area contributed by atoms with Crippen LogP contribution in [0.4, 0.5) is 18.0 Å². The summed E-state index contributed by atoms with van der Waals surface area (Å²) in [4.78, 5) is 12.0. The SMILES string of the molecule is O=C(NCC#Cc1cccc(C(F)(F)F)c1)NC1CCc2ccccc21. The van der Waals surface area contributed by atoms with Crippen LogP contribution in [0, 0.1) is 11.8 Å². The van der Waals surface area contributed by atoms with Crippen LogP contribution in [0.25, 0.3) is 0 Å². The topological polar surface area (TPSA) is 41.1 Å². The molecular formula is C20H17F3N2O. The van der Waals surface area contributed by atoms with E-state index in [9.17, 15) is 18.0 Å². The van der Waals surface area contributed by atoms with E-state index in [0.29, 0.717) is 0 Å². The van der Waals surface area contributed by atoms with Crippen LogP contribution in [0.5, 0.6) is 0 Å². The van der Waals surface area contributed by atoms with Crippen molar-refractivity contribution in [1.29, 1.82) is 0 Å². The van der Waals surface area contributed by atoms with Gasteiger partial charge < -0.3 is 10.6 Å². The van der Waals surface area contributed by atoms with Crippen molar-refractivity contribution in [2.75, 3.05) is 6.54 Å². The van der Waals surface area contributed by atoms with Crippen molar-refractivity contribution >= 4 is 6.03 Å². The van der Waals surface area contributed by atoms with Gasteiger partial charge in [-0.05, 0) is 42.2 Å². The Kier molecular flexibility index (Phi) is 5.17. The number of benzene rings is 2. The van der Waals surface area contributed by atoms with Crippen LogP contribution in [0.1, 0.15) is 34.7 Å². The molecule has 0 radical (unpaired) electrons. The molecule has 3 nitrogen and oxygen atoms in total. The highest BCUT2D eigenvalue weighted by Gasteiger charge is 2.30. The van der Waals surface area contributed by atoms with Crippen LogP contribution in [0.15, 0.2) is 48.5 Å². The molecule has 0 heterocycles. The van der Waals surface area contributed by atoms with Crippen molar-refractivity contribution in [1.82, 2.24) is 10.6 Å². The first kappa shape index (κ1) is 17.9. The van der Waals surface area contributed by atoms with Gasteiger partial charge in [-0.1, -0.05) is 42.2 Å². The van der Waals surface area contributed by atoms with Crippen molar-refractivity contribution in [3.8, 4) is 11.8 Å². The Balaban J connectivity index is 1.52. The quantitative estimate of drug-likeness (QED) is 0.782. The minimum absolute atomic E-state index is 0.0253. The molecule has 134 valence electrons. The van der Waals surface area contributed by atoms with Gasteiger partial charge >= 0.3 is 12.2 Å². The number of carbonyl (C=O) groups is 1. The minimum atomic E-state index is -4.40. The average molecular weight is 358 g/mol. The maximum absolute atomic E-state index is 12.6. The Labute approximate surface area is 149 Å². The molecule has 0 bridgehead atoms. The van der Waals surface area contributed by atoms with Crippen molar-refractivity contribution in [2.45, 2.75) is 25.1 Å². The summed E-state index contributed by atoms with van der Waals surface area (Å²) in [6, 6.07) is 12.4. The first-order chi connectivity index (χ1) is 12.4. The molecule has 3 rings (SSSR count). The molecule has 1 unspecified atom stereocenters. The van der Waals surface area contributed by atoms with Crippen LogP contribution >= 0.6 is 0 Å². The zero-order valence-corrected chi connectivity index (χ0v) is 13.9. The number of alkyl halides is 3. The third-order valence-electron chi connectivity index (χ3n) is 4.20. The normalized spacial score (nSPS) is 15.6. The Bertz CT molecular complexity index is 865. The van der Waals surface area contributed by atoms with E-state index in [1.54, 1.807) is 0 Å². The number of aryl methyl sites for hydroxylation is 1. The van der Waals surface area contributed by atoms with Crippen LogP contribution < -0.4 is 10.6 Å². The molecule has 2 aromatic carbocycles. The summed E-state index contributed by atoms with van der Waals surface area (Å²) in [6.07, 6.45) is -2.62. The van der Waals surface area contributed by atoms with Crippen molar-refractivity contribution in [2.24, 2.45) is 0 Å². The summed E-state index contributed by atoms with van der Waals surface area (Å²) < 4.78 is 37.9. The number of nitrogens with one attached hydrogen (secondary N) is 2. The fraction of sp³-hybridized carbons (Fsp3) is 0.250. The van der Waals surface area contributed by atoms with E-state index >= 15 is 0 Å². The van der Waals surface area contributed by atoms with Crippen molar-refractivity contribution in [3.05, 3.63) is 70.8 Å². The largest absolute Gasteiger partial charge is 0.416 e. The monoisotopic (exact) mass is 358 g/mol. The van der Waals surface area contributed by atoms with Gasteiger partial charge in [0.25, 0.3) is 0 Å². The molecule has 2 amide bonds. The Morgan fingerprint density at radius 1 is 1.15 bits per heavy atom. The van der Waals surface area contributed by atoms with Gasteiger partial charge in [-0.25, -0.2) is 4.79 Å². The minimum Gasteiger partial charge on any atom is -0.331 e. The molecule has 1 atom stereocenters. The summed E-state index contributed by atoms with van der Waals surface area (Å²) in [5.41, 5.74) is 1.88. The number of hydrogen-bond acceptors (Lipinski definition) is 1. The second-order valence-corrected chi connectivity index (χ2v) is 6.00. The summed E-state index contributed by atoms with van der Waals surface area (Å²) in [5, 5.41) is 5.51. The second-order valence-electron chi connectivity index (χ2n) is 6.00. The fourth-order valence-electron chi connectivity index (χ4n) is 2.96. The fourth-order valence-corrected chi connectivity index (χ4v) is 2.96. The first-order valence-corrected chi connectivity index (χ1v) is 8.22. The maximum atomic E-state index is 12.6. The lowest BCUT2D eigenvalue weighted by molar-refractivity contribution is -0.137. The van der Waals surface area contributed by atoms with Crippen molar-refractivity contribution < 1.29 is 18.0 Å². The molecular weight excluding hydrogens is 341 g/mol. The lowest BCUT2D eigenvalue weighted by Crippen LogP contribution is -2.37. The Hall–Kier alpha value is -2.94. The van der Waals surface area contributed by atoms with Crippen LogP contribution in [-0.2, 0) is 12.6 Å². The molecule has 0 fully saturated rings. The molecule has 0 aliphatic heterocycles. The van der Waals surface area contributed by atoms with Gasteiger partial charge in [-0.2, -0.15) is 13.2 Å². The highest BCUT2D eigenvalue weighted by atomic mass is 19.4. The van der Waals surface area contributed by atoms with E-state index in [4.69, 9.17) is 0 Å². The molecule has 6 heteroatoms. The Morgan fingerprint density at radius 3 is 2.77 bits per heavy atom. The highest BCUT2D eigenvalue weighted by molar-refractivity contribution is 5.75. The van der Waals surface area contributed by atoms with E-state index in [0.717, 1.165) is 30.5 Å². The van der Waals surface area contributed by atoms with Gasteiger partial charge in [0.2, 0.25) is 0 Å². The predicted octanol–water partition coefficient (Wildman–Crippen LogP) is 4.04. The second kappa shape index (κ2) is 7.52. The predicted molar refractivity (Wildman–Crippen MR) is 92.4 cm³/mol. The number of fused-ring (bicyclic) bond motifs is 1. The number of halogens is 3. The van der Waals surface area contributed by atoms with Gasteiger partial charge in [0.15, 0.2) is 0 Å². The third kappa shape index (κ3) is 4.37. The molecule has 1 aliphatic carbocycles.